The summed E-state index contributed by atoms with van der Waals surface area (Å²) in [6.07, 6.45) is -0.0705. The molecule has 2 N–H and O–H groups in total. The molecule has 9 heteroatoms. The highest BCUT2D eigenvalue weighted by Crippen LogP contribution is 2.39. The summed E-state index contributed by atoms with van der Waals surface area (Å²) in [6, 6.07) is 8.40. The van der Waals surface area contributed by atoms with Gasteiger partial charge in [-0.2, -0.15) is 0 Å². The predicted molar refractivity (Wildman–Crippen MR) is 110 cm³/mol. The van der Waals surface area contributed by atoms with Crippen molar-refractivity contribution in [1.82, 2.24) is 9.80 Å². The van der Waals surface area contributed by atoms with Gasteiger partial charge in [0.2, 0.25) is 11.8 Å². The van der Waals surface area contributed by atoms with E-state index in [9.17, 15) is 24.6 Å². The van der Waals surface area contributed by atoms with Crippen molar-refractivity contribution in [3.8, 4) is 23.0 Å². The van der Waals surface area contributed by atoms with E-state index in [0.29, 0.717) is 11.1 Å². The van der Waals surface area contributed by atoms with Crippen molar-refractivity contribution in [1.29, 1.82) is 0 Å². The number of urea groups is 1. The van der Waals surface area contributed by atoms with E-state index in [-0.39, 0.29) is 35.8 Å². The van der Waals surface area contributed by atoms with Gasteiger partial charge in [0.15, 0.2) is 23.0 Å². The van der Waals surface area contributed by atoms with Gasteiger partial charge < -0.3 is 19.7 Å². The standard InChI is InChI=1S/C22H24N2O7/c1-23-19(27)22(20(28)24(2)21(23)29,11-13-5-7-15(25)17(9-13)30-3)12-14-6-8-16(26)18(10-14)31-4/h5-10,25-26H,11-12H2,1-4H3. The summed E-state index contributed by atoms with van der Waals surface area (Å²) in [5.74, 6) is -1.03. The Labute approximate surface area is 179 Å². The minimum Gasteiger partial charge on any atom is -0.504 e. The summed E-state index contributed by atoms with van der Waals surface area (Å²) in [4.78, 5) is 40.9. The van der Waals surface area contributed by atoms with Crippen molar-refractivity contribution < 1.29 is 34.1 Å². The van der Waals surface area contributed by atoms with E-state index in [0.717, 1.165) is 9.80 Å². The first-order valence-corrected chi connectivity index (χ1v) is 9.46. The number of barbiturate groups is 1. The molecule has 1 aliphatic heterocycles. The Balaban J connectivity index is 2.13. The van der Waals surface area contributed by atoms with Crippen LogP contribution in [0, 0.1) is 5.41 Å². The second-order valence-electron chi connectivity index (χ2n) is 7.46. The molecule has 2 aromatic carbocycles. The fourth-order valence-corrected chi connectivity index (χ4v) is 3.86. The number of imide groups is 2. The largest absolute Gasteiger partial charge is 0.504 e. The Kier molecular flexibility index (Phi) is 5.79. The molecule has 3 rings (SSSR count). The monoisotopic (exact) mass is 428 g/mol. The maximum atomic E-state index is 13.4. The molecule has 4 amide bonds. The van der Waals surface area contributed by atoms with Gasteiger partial charge in [-0.05, 0) is 48.2 Å². The molecular weight excluding hydrogens is 404 g/mol. The van der Waals surface area contributed by atoms with Crippen LogP contribution in [0.2, 0.25) is 0 Å². The zero-order valence-electron chi connectivity index (χ0n) is 17.7. The molecule has 0 atom stereocenters. The number of methoxy groups -OCH3 is 2. The molecule has 9 nitrogen and oxygen atoms in total. The number of carbonyl (C=O) groups excluding carboxylic acids is 3. The Bertz CT molecular complexity index is 969. The van der Waals surface area contributed by atoms with Crippen LogP contribution in [0.1, 0.15) is 11.1 Å². The Hall–Kier alpha value is -3.75. The molecule has 164 valence electrons. The van der Waals surface area contributed by atoms with Crippen molar-refractivity contribution in [3.63, 3.8) is 0 Å². The number of aromatic hydroxyl groups is 2. The van der Waals surface area contributed by atoms with E-state index < -0.39 is 23.3 Å². The molecule has 2 aromatic rings. The Morgan fingerprint density at radius 2 is 1.16 bits per heavy atom. The molecule has 1 fully saturated rings. The number of rotatable bonds is 6. The van der Waals surface area contributed by atoms with Gasteiger partial charge in [0, 0.05) is 14.1 Å². The molecule has 0 unspecified atom stereocenters. The van der Waals surface area contributed by atoms with Crippen LogP contribution in [0.3, 0.4) is 0 Å². The van der Waals surface area contributed by atoms with Crippen LogP contribution in [0.4, 0.5) is 4.79 Å². The van der Waals surface area contributed by atoms with E-state index in [1.54, 1.807) is 24.3 Å². The fourth-order valence-electron chi connectivity index (χ4n) is 3.86. The molecular formula is C22H24N2O7. The van der Waals surface area contributed by atoms with E-state index in [1.165, 1.54) is 40.4 Å². The second-order valence-corrected chi connectivity index (χ2v) is 7.46. The number of hydrogen-bond donors (Lipinski definition) is 2. The maximum Gasteiger partial charge on any atom is 0.332 e. The van der Waals surface area contributed by atoms with E-state index >= 15 is 0 Å². The highest BCUT2D eigenvalue weighted by atomic mass is 16.5. The topological polar surface area (TPSA) is 117 Å². The fraction of sp³-hybridized carbons (Fsp3) is 0.318. The summed E-state index contributed by atoms with van der Waals surface area (Å²) in [7, 11) is 5.46. The Morgan fingerprint density at radius 3 is 1.52 bits per heavy atom. The minimum atomic E-state index is -1.62. The molecule has 0 saturated carbocycles. The van der Waals surface area contributed by atoms with E-state index in [1.807, 2.05) is 0 Å². The number of hydrogen-bond acceptors (Lipinski definition) is 7. The maximum absolute atomic E-state index is 13.4. The lowest BCUT2D eigenvalue weighted by atomic mass is 9.73. The van der Waals surface area contributed by atoms with Crippen molar-refractivity contribution in [2.45, 2.75) is 12.8 Å². The molecule has 1 aliphatic rings. The van der Waals surface area contributed by atoms with Crippen molar-refractivity contribution in [2.24, 2.45) is 5.41 Å². The summed E-state index contributed by atoms with van der Waals surface area (Å²) >= 11 is 0. The number of amides is 4. The molecule has 31 heavy (non-hydrogen) atoms. The average molecular weight is 428 g/mol. The number of benzene rings is 2. The van der Waals surface area contributed by atoms with Gasteiger partial charge in [0.1, 0.15) is 5.41 Å². The normalized spacial score (nSPS) is 15.9. The van der Waals surface area contributed by atoms with Crippen LogP contribution < -0.4 is 9.47 Å². The third-order valence-corrected chi connectivity index (χ3v) is 5.50. The highest BCUT2D eigenvalue weighted by Gasteiger charge is 2.55. The van der Waals surface area contributed by atoms with Gasteiger partial charge in [0.05, 0.1) is 14.2 Å². The van der Waals surface area contributed by atoms with Crippen LogP contribution >= 0.6 is 0 Å². The SMILES string of the molecule is COc1cc(CC2(Cc3ccc(O)c(OC)c3)C(=O)N(C)C(=O)N(C)C2=O)ccc1O. The summed E-state index contributed by atoms with van der Waals surface area (Å²) in [5, 5.41) is 19.8. The number of nitrogens with zero attached hydrogens (tertiary/aromatic N) is 2. The summed E-state index contributed by atoms with van der Waals surface area (Å²) < 4.78 is 10.3. The molecule has 0 aliphatic carbocycles. The lowest BCUT2D eigenvalue weighted by Crippen LogP contribution is -2.64. The third kappa shape index (κ3) is 3.74. The Morgan fingerprint density at radius 1 is 0.774 bits per heavy atom. The summed E-state index contributed by atoms with van der Waals surface area (Å²) in [6.45, 7) is 0. The van der Waals surface area contributed by atoms with Crippen LogP contribution in [0.5, 0.6) is 23.0 Å². The van der Waals surface area contributed by atoms with E-state index in [2.05, 4.69) is 0 Å². The third-order valence-electron chi connectivity index (χ3n) is 5.50. The first kappa shape index (κ1) is 21.9. The lowest BCUT2D eigenvalue weighted by Gasteiger charge is -2.42. The number of carbonyl (C=O) groups is 3. The van der Waals surface area contributed by atoms with Gasteiger partial charge in [-0.25, -0.2) is 4.79 Å². The number of phenols is 2. The molecule has 0 spiro atoms. The summed E-state index contributed by atoms with van der Waals surface area (Å²) in [5.41, 5.74) is -0.488. The van der Waals surface area contributed by atoms with Gasteiger partial charge in [0.25, 0.3) is 0 Å². The molecule has 1 saturated heterocycles. The second kappa shape index (κ2) is 8.17. The molecule has 1 heterocycles. The highest BCUT2D eigenvalue weighted by molar-refractivity contribution is 6.19. The van der Waals surface area contributed by atoms with Crippen LogP contribution in [0.15, 0.2) is 36.4 Å². The first-order chi connectivity index (χ1) is 14.6. The zero-order valence-corrected chi connectivity index (χ0v) is 17.7. The van der Waals surface area contributed by atoms with Crippen LogP contribution in [-0.2, 0) is 22.4 Å². The van der Waals surface area contributed by atoms with Crippen molar-refractivity contribution in [3.05, 3.63) is 47.5 Å². The van der Waals surface area contributed by atoms with Gasteiger partial charge in [-0.15, -0.1) is 0 Å². The van der Waals surface area contributed by atoms with Gasteiger partial charge in [-0.1, -0.05) is 12.1 Å². The van der Waals surface area contributed by atoms with Crippen molar-refractivity contribution in [2.75, 3.05) is 28.3 Å². The molecule has 0 bridgehead atoms. The predicted octanol–water partition coefficient (Wildman–Crippen LogP) is 1.94. The minimum absolute atomic E-state index is 0.0353. The molecule has 0 aromatic heterocycles. The van der Waals surface area contributed by atoms with E-state index in [4.69, 9.17) is 9.47 Å². The van der Waals surface area contributed by atoms with Gasteiger partial charge in [-0.3, -0.25) is 19.4 Å². The van der Waals surface area contributed by atoms with Gasteiger partial charge >= 0.3 is 6.03 Å². The number of phenolic OH excluding ortho intramolecular Hbond substituents is 2. The first-order valence-electron chi connectivity index (χ1n) is 9.46. The smallest absolute Gasteiger partial charge is 0.332 e. The van der Waals surface area contributed by atoms with Crippen molar-refractivity contribution >= 4 is 17.8 Å². The van der Waals surface area contributed by atoms with Crippen LogP contribution in [-0.4, -0.2) is 66.2 Å². The van der Waals surface area contributed by atoms with Crippen LogP contribution in [0.25, 0.3) is 0 Å². The lowest BCUT2D eigenvalue weighted by molar-refractivity contribution is -0.157. The quantitative estimate of drug-likeness (QED) is 0.676. The number of ether oxygens (including phenoxy) is 2. The molecule has 0 radical (unpaired) electrons. The zero-order chi connectivity index (χ0) is 22.9. The average Bonchev–Trinajstić information content (AvgIpc) is 2.77.